The molecular weight excluding hydrogens is 202 g/mol. The number of phenolic OH excluding ortho intramolecular Hbond substituents is 1. The fourth-order valence-electron chi connectivity index (χ4n) is 1.63. The van der Waals surface area contributed by atoms with Crippen molar-refractivity contribution < 1.29 is 10.2 Å². The van der Waals surface area contributed by atoms with Crippen LogP contribution in [0.5, 0.6) is 5.75 Å². The summed E-state index contributed by atoms with van der Waals surface area (Å²) in [7, 11) is 0. The van der Waals surface area contributed by atoms with Crippen molar-refractivity contribution in [3.8, 4) is 5.75 Å². The summed E-state index contributed by atoms with van der Waals surface area (Å²) in [6.45, 7) is 4.73. The van der Waals surface area contributed by atoms with Gasteiger partial charge in [0.15, 0.2) is 0 Å². The predicted octanol–water partition coefficient (Wildman–Crippen LogP) is 2.20. The molecule has 0 aliphatic carbocycles. The maximum absolute atomic E-state index is 9.65. The highest BCUT2D eigenvalue weighted by Crippen LogP contribution is 2.22. The lowest BCUT2D eigenvalue weighted by molar-refractivity contribution is 0.158. The van der Waals surface area contributed by atoms with Crippen molar-refractivity contribution in [2.45, 2.75) is 38.8 Å². The second-order valence-electron chi connectivity index (χ2n) is 4.09. The van der Waals surface area contributed by atoms with Gasteiger partial charge < -0.3 is 15.5 Å². The first-order chi connectivity index (χ1) is 7.65. The molecule has 1 aromatic carbocycles. The van der Waals surface area contributed by atoms with E-state index in [9.17, 15) is 10.2 Å². The summed E-state index contributed by atoms with van der Waals surface area (Å²) in [5, 5.41) is 22.3. The third-order valence-electron chi connectivity index (χ3n) is 2.80. The van der Waals surface area contributed by atoms with Crippen LogP contribution < -0.4 is 5.32 Å². The topological polar surface area (TPSA) is 52.5 Å². The van der Waals surface area contributed by atoms with Gasteiger partial charge in [-0.25, -0.2) is 0 Å². The molecule has 2 unspecified atom stereocenters. The number of para-hydroxylation sites is 1. The number of hydrogen-bond donors (Lipinski definition) is 3. The van der Waals surface area contributed by atoms with Crippen LogP contribution in [0.2, 0.25) is 0 Å². The molecule has 0 heterocycles. The molecule has 0 aliphatic heterocycles. The Hall–Kier alpha value is -1.06. The number of phenols is 1. The van der Waals surface area contributed by atoms with Crippen LogP contribution in [0.4, 0.5) is 0 Å². The highest BCUT2D eigenvalue weighted by Gasteiger charge is 2.09. The van der Waals surface area contributed by atoms with E-state index in [-0.39, 0.29) is 12.1 Å². The summed E-state index contributed by atoms with van der Waals surface area (Å²) >= 11 is 0. The molecule has 16 heavy (non-hydrogen) atoms. The number of hydrogen-bond acceptors (Lipinski definition) is 3. The second kappa shape index (κ2) is 6.51. The van der Waals surface area contributed by atoms with Crippen LogP contribution in [0.25, 0.3) is 0 Å². The average molecular weight is 223 g/mol. The average Bonchev–Trinajstić information content (AvgIpc) is 2.29. The van der Waals surface area contributed by atoms with Crippen molar-refractivity contribution in [3.05, 3.63) is 29.8 Å². The summed E-state index contributed by atoms with van der Waals surface area (Å²) in [5.74, 6) is 0.318. The van der Waals surface area contributed by atoms with Crippen molar-refractivity contribution in [3.63, 3.8) is 0 Å². The van der Waals surface area contributed by atoms with E-state index in [1.807, 2.05) is 32.0 Å². The van der Waals surface area contributed by atoms with Gasteiger partial charge in [-0.05, 0) is 32.4 Å². The SMILES string of the molecule is CCC(O)CCNC(C)c1ccccc1O. The first kappa shape index (κ1) is 13.0. The van der Waals surface area contributed by atoms with Gasteiger partial charge in [0.1, 0.15) is 5.75 Å². The van der Waals surface area contributed by atoms with Crippen molar-refractivity contribution in [1.29, 1.82) is 0 Å². The Morgan fingerprint density at radius 2 is 2.00 bits per heavy atom. The van der Waals surface area contributed by atoms with E-state index in [2.05, 4.69) is 5.32 Å². The van der Waals surface area contributed by atoms with Crippen LogP contribution in [0.1, 0.15) is 38.3 Å². The van der Waals surface area contributed by atoms with Crippen molar-refractivity contribution in [1.82, 2.24) is 5.32 Å². The molecule has 0 saturated heterocycles. The van der Waals surface area contributed by atoms with Gasteiger partial charge in [-0.15, -0.1) is 0 Å². The van der Waals surface area contributed by atoms with Gasteiger partial charge >= 0.3 is 0 Å². The normalized spacial score (nSPS) is 14.7. The van der Waals surface area contributed by atoms with Gasteiger partial charge in [0.05, 0.1) is 6.10 Å². The number of aliphatic hydroxyl groups excluding tert-OH is 1. The monoisotopic (exact) mass is 223 g/mol. The molecule has 1 aromatic rings. The fraction of sp³-hybridized carbons (Fsp3) is 0.538. The number of aliphatic hydroxyl groups is 1. The Morgan fingerprint density at radius 3 is 2.62 bits per heavy atom. The van der Waals surface area contributed by atoms with Crippen molar-refractivity contribution in [2.75, 3.05) is 6.54 Å². The molecule has 0 bridgehead atoms. The molecule has 2 atom stereocenters. The summed E-state index contributed by atoms with van der Waals surface area (Å²) in [4.78, 5) is 0. The fourth-order valence-corrected chi connectivity index (χ4v) is 1.63. The Kier molecular flexibility index (Phi) is 5.29. The number of benzene rings is 1. The van der Waals surface area contributed by atoms with E-state index < -0.39 is 0 Å². The van der Waals surface area contributed by atoms with Crippen LogP contribution in [0.15, 0.2) is 24.3 Å². The largest absolute Gasteiger partial charge is 0.508 e. The molecule has 0 radical (unpaired) electrons. The zero-order chi connectivity index (χ0) is 12.0. The molecule has 0 fully saturated rings. The zero-order valence-corrected chi connectivity index (χ0v) is 9.98. The van der Waals surface area contributed by atoms with Gasteiger partial charge in [0.2, 0.25) is 0 Å². The number of nitrogens with one attached hydrogen (secondary N) is 1. The summed E-state index contributed by atoms with van der Waals surface area (Å²) < 4.78 is 0. The summed E-state index contributed by atoms with van der Waals surface area (Å²) in [5.41, 5.74) is 0.897. The van der Waals surface area contributed by atoms with Crippen molar-refractivity contribution >= 4 is 0 Å². The molecule has 0 aromatic heterocycles. The first-order valence-corrected chi connectivity index (χ1v) is 5.84. The maximum Gasteiger partial charge on any atom is 0.120 e. The van der Waals surface area contributed by atoms with Crippen LogP contribution in [0, 0.1) is 0 Å². The van der Waals surface area contributed by atoms with Crippen LogP contribution in [-0.4, -0.2) is 22.9 Å². The van der Waals surface area contributed by atoms with Crippen LogP contribution >= 0.6 is 0 Å². The van der Waals surface area contributed by atoms with Gasteiger partial charge in [0.25, 0.3) is 0 Å². The van der Waals surface area contributed by atoms with E-state index in [1.54, 1.807) is 6.07 Å². The molecule has 0 spiro atoms. The Morgan fingerprint density at radius 1 is 1.31 bits per heavy atom. The van der Waals surface area contributed by atoms with E-state index in [1.165, 1.54) is 0 Å². The molecular formula is C13H21NO2. The van der Waals surface area contributed by atoms with Crippen LogP contribution in [-0.2, 0) is 0 Å². The van der Waals surface area contributed by atoms with Gasteiger partial charge in [0, 0.05) is 11.6 Å². The molecule has 90 valence electrons. The highest BCUT2D eigenvalue weighted by molar-refractivity contribution is 5.33. The zero-order valence-electron chi connectivity index (χ0n) is 9.98. The third-order valence-corrected chi connectivity index (χ3v) is 2.80. The minimum atomic E-state index is -0.232. The lowest BCUT2D eigenvalue weighted by Crippen LogP contribution is -2.23. The Bertz CT molecular complexity index is 315. The molecule has 0 aliphatic rings. The number of rotatable bonds is 6. The summed E-state index contributed by atoms with van der Waals surface area (Å²) in [6.07, 6.45) is 1.30. The van der Waals surface area contributed by atoms with E-state index in [4.69, 9.17) is 0 Å². The smallest absolute Gasteiger partial charge is 0.120 e. The molecule has 3 nitrogen and oxygen atoms in total. The number of aromatic hydroxyl groups is 1. The summed E-state index contributed by atoms with van der Waals surface area (Å²) in [6, 6.07) is 7.42. The van der Waals surface area contributed by atoms with E-state index in [0.29, 0.717) is 5.75 Å². The minimum absolute atomic E-state index is 0.102. The second-order valence-corrected chi connectivity index (χ2v) is 4.09. The highest BCUT2D eigenvalue weighted by atomic mass is 16.3. The van der Waals surface area contributed by atoms with E-state index in [0.717, 1.165) is 24.9 Å². The Labute approximate surface area is 97.1 Å². The van der Waals surface area contributed by atoms with Gasteiger partial charge in [-0.3, -0.25) is 0 Å². The molecule has 0 saturated carbocycles. The first-order valence-electron chi connectivity index (χ1n) is 5.84. The lowest BCUT2D eigenvalue weighted by atomic mass is 10.1. The van der Waals surface area contributed by atoms with E-state index >= 15 is 0 Å². The predicted molar refractivity (Wildman–Crippen MR) is 65.4 cm³/mol. The standard InChI is InChI=1S/C13H21NO2/c1-3-11(15)8-9-14-10(2)12-6-4-5-7-13(12)16/h4-7,10-11,14-16H,3,8-9H2,1-2H3. The lowest BCUT2D eigenvalue weighted by Gasteiger charge is -2.16. The Balaban J connectivity index is 2.41. The minimum Gasteiger partial charge on any atom is -0.508 e. The molecule has 3 heteroatoms. The molecule has 0 amide bonds. The third kappa shape index (κ3) is 3.83. The quantitative estimate of drug-likeness (QED) is 0.693. The molecule has 3 N–H and O–H groups in total. The van der Waals surface area contributed by atoms with Crippen LogP contribution in [0.3, 0.4) is 0 Å². The van der Waals surface area contributed by atoms with Gasteiger partial charge in [-0.1, -0.05) is 25.1 Å². The van der Waals surface area contributed by atoms with Gasteiger partial charge in [-0.2, -0.15) is 0 Å². The van der Waals surface area contributed by atoms with Crippen molar-refractivity contribution in [2.24, 2.45) is 0 Å². The molecule has 1 rings (SSSR count). The maximum atomic E-state index is 9.65.